The quantitative estimate of drug-likeness (QED) is 0.775. The summed E-state index contributed by atoms with van der Waals surface area (Å²) in [6.45, 7) is 16.4. The second-order valence-corrected chi connectivity index (χ2v) is 7.03. The van der Waals surface area contributed by atoms with E-state index in [2.05, 4.69) is 28.5 Å². The van der Waals surface area contributed by atoms with Crippen LogP contribution in [0.4, 0.5) is 0 Å². The molecule has 2 aliphatic rings. The zero-order valence-corrected chi connectivity index (χ0v) is 14.5. The first-order valence-corrected chi connectivity index (χ1v) is 9.49. The molecule has 124 valence electrons. The molecule has 3 unspecified atom stereocenters. The summed E-state index contributed by atoms with van der Waals surface area (Å²) < 4.78 is 0. The van der Waals surface area contributed by atoms with Gasteiger partial charge in [0.15, 0.2) is 0 Å². The van der Waals surface area contributed by atoms with Gasteiger partial charge in [-0.3, -0.25) is 0 Å². The Hall–Kier alpha value is -0.120. The molecule has 2 aliphatic heterocycles. The molecule has 2 rings (SSSR count). The molecule has 3 nitrogen and oxygen atoms in total. The Labute approximate surface area is 132 Å². The summed E-state index contributed by atoms with van der Waals surface area (Å²) in [6, 6.07) is 0. The highest BCUT2D eigenvalue weighted by atomic mass is 15.2. The third kappa shape index (κ3) is 6.25. The zero-order chi connectivity index (χ0) is 14.9. The minimum Gasteiger partial charge on any atom is -0.303 e. The molecule has 0 spiro atoms. The second kappa shape index (κ2) is 9.81. The monoisotopic (exact) mass is 295 g/mol. The van der Waals surface area contributed by atoms with Crippen molar-refractivity contribution in [2.45, 2.75) is 52.4 Å². The van der Waals surface area contributed by atoms with Crippen LogP contribution in [0.2, 0.25) is 0 Å². The van der Waals surface area contributed by atoms with Crippen molar-refractivity contribution in [3.8, 4) is 0 Å². The molecular formula is C18H37N3. The number of fused-ring (bicyclic) bond motifs is 4. The Morgan fingerprint density at radius 1 is 0.667 bits per heavy atom. The lowest BCUT2D eigenvalue weighted by Crippen LogP contribution is -2.36. The lowest BCUT2D eigenvalue weighted by atomic mass is 9.96. The van der Waals surface area contributed by atoms with Gasteiger partial charge in [0, 0.05) is 13.1 Å². The van der Waals surface area contributed by atoms with Crippen LogP contribution in [0, 0.1) is 5.92 Å². The third-order valence-electron chi connectivity index (χ3n) is 5.59. The molecule has 0 aliphatic carbocycles. The van der Waals surface area contributed by atoms with Crippen LogP contribution in [0.5, 0.6) is 0 Å². The van der Waals surface area contributed by atoms with Crippen molar-refractivity contribution >= 4 is 0 Å². The molecular weight excluding hydrogens is 258 g/mol. The summed E-state index contributed by atoms with van der Waals surface area (Å²) in [5, 5.41) is 0. The van der Waals surface area contributed by atoms with Crippen LogP contribution >= 0.6 is 0 Å². The lowest BCUT2D eigenvalue weighted by molar-refractivity contribution is 0.202. The highest BCUT2D eigenvalue weighted by Gasteiger charge is 2.16. The van der Waals surface area contributed by atoms with Crippen molar-refractivity contribution in [2.24, 2.45) is 5.92 Å². The number of hydrogen-bond acceptors (Lipinski definition) is 3. The van der Waals surface area contributed by atoms with Crippen molar-refractivity contribution in [2.75, 3.05) is 58.9 Å². The number of rotatable bonds is 2. The maximum absolute atomic E-state index is 2.76. The molecule has 0 aromatic heterocycles. The molecule has 21 heavy (non-hydrogen) atoms. The number of nitrogens with zero attached hydrogens (tertiary/aromatic N) is 3. The van der Waals surface area contributed by atoms with Gasteiger partial charge >= 0.3 is 0 Å². The third-order valence-corrected chi connectivity index (χ3v) is 5.59. The minimum absolute atomic E-state index is 0.961. The number of hydrogen-bond donors (Lipinski definition) is 0. The fourth-order valence-electron chi connectivity index (χ4n) is 3.94. The van der Waals surface area contributed by atoms with Crippen LogP contribution in [-0.4, -0.2) is 73.6 Å². The Bertz CT molecular complexity index is 243. The smallest absolute Gasteiger partial charge is 0.0109 e. The van der Waals surface area contributed by atoms with Crippen molar-refractivity contribution in [1.82, 2.24) is 14.7 Å². The van der Waals surface area contributed by atoms with Crippen LogP contribution < -0.4 is 0 Å². The SMILES string of the molecule is CCC1CCCN2CCCN(CCCN(CC)CC2)CC1. The predicted octanol–water partition coefficient (Wildman–Crippen LogP) is 2.92. The topological polar surface area (TPSA) is 9.72 Å². The van der Waals surface area contributed by atoms with Gasteiger partial charge in [-0.05, 0) is 83.8 Å². The largest absolute Gasteiger partial charge is 0.303 e. The average molecular weight is 296 g/mol. The van der Waals surface area contributed by atoms with Crippen LogP contribution in [0.3, 0.4) is 0 Å². The van der Waals surface area contributed by atoms with E-state index in [0.29, 0.717) is 0 Å². The molecule has 0 aromatic rings. The summed E-state index contributed by atoms with van der Waals surface area (Å²) in [5.74, 6) is 0.961. The van der Waals surface area contributed by atoms with Gasteiger partial charge in [-0.1, -0.05) is 20.3 Å². The Morgan fingerprint density at radius 3 is 2.05 bits per heavy atom. The fourth-order valence-corrected chi connectivity index (χ4v) is 3.94. The molecule has 2 bridgehead atoms. The van der Waals surface area contributed by atoms with Gasteiger partial charge in [-0.25, -0.2) is 0 Å². The lowest BCUT2D eigenvalue weighted by Gasteiger charge is -2.27. The van der Waals surface area contributed by atoms with Crippen LogP contribution in [-0.2, 0) is 0 Å². The molecule has 0 saturated carbocycles. The van der Waals surface area contributed by atoms with Crippen molar-refractivity contribution < 1.29 is 0 Å². The minimum atomic E-state index is 0.961. The summed E-state index contributed by atoms with van der Waals surface area (Å²) in [4.78, 5) is 8.15. The summed E-state index contributed by atoms with van der Waals surface area (Å²) in [6.07, 6.45) is 8.36. The van der Waals surface area contributed by atoms with E-state index in [1.165, 1.54) is 97.4 Å². The highest BCUT2D eigenvalue weighted by Crippen LogP contribution is 2.18. The maximum Gasteiger partial charge on any atom is 0.0109 e. The second-order valence-electron chi connectivity index (χ2n) is 7.03. The van der Waals surface area contributed by atoms with E-state index in [0.717, 1.165) is 5.92 Å². The Kier molecular flexibility index (Phi) is 8.05. The van der Waals surface area contributed by atoms with Gasteiger partial charge in [-0.15, -0.1) is 0 Å². The molecule has 0 aromatic carbocycles. The molecule has 2 saturated heterocycles. The first kappa shape index (κ1) is 17.2. The van der Waals surface area contributed by atoms with E-state index < -0.39 is 0 Å². The van der Waals surface area contributed by atoms with E-state index in [1.54, 1.807) is 0 Å². The van der Waals surface area contributed by atoms with Gasteiger partial charge in [0.1, 0.15) is 0 Å². The van der Waals surface area contributed by atoms with E-state index in [4.69, 9.17) is 0 Å². The van der Waals surface area contributed by atoms with Gasteiger partial charge < -0.3 is 14.7 Å². The molecule has 0 N–H and O–H groups in total. The van der Waals surface area contributed by atoms with Crippen molar-refractivity contribution in [3.63, 3.8) is 0 Å². The fraction of sp³-hybridized carbons (Fsp3) is 1.00. The predicted molar refractivity (Wildman–Crippen MR) is 91.9 cm³/mol. The van der Waals surface area contributed by atoms with E-state index in [9.17, 15) is 0 Å². The Morgan fingerprint density at radius 2 is 1.33 bits per heavy atom. The Balaban J connectivity index is 1.99. The molecule has 0 radical (unpaired) electrons. The van der Waals surface area contributed by atoms with Crippen LogP contribution in [0.15, 0.2) is 0 Å². The van der Waals surface area contributed by atoms with Gasteiger partial charge in [0.2, 0.25) is 0 Å². The van der Waals surface area contributed by atoms with Crippen molar-refractivity contribution in [3.05, 3.63) is 0 Å². The maximum atomic E-state index is 2.76. The van der Waals surface area contributed by atoms with E-state index >= 15 is 0 Å². The molecule has 0 amide bonds. The van der Waals surface area contributed by atoms with E-state index in [-0.39, 0.29) is 0 Å². The molecule has 3 atom stereocenters. The normalized spacial score (nSPS) is 34.3. The summed E-state index contributed by atoms with van der Waals surface area (Å²) >= 11 is 0. The van der Waals surface area contributed by atoms with E-state index in [1.807, 2.05) is 0 Å². The molecule has 3 heteroatoms. The van der Waals surface area contributed by atoms with Crippen LogP contribution in [0.25, 0.3) is 0 Å². The van der Waals surface area contributed by atoms with Gasteiger partial charge in [0.25, 0.3) is 0 Å². The van der Waals surface area contributed by atoms with Crippen molar-refractivity contribution in [1.29, 1.82) is 0 Å². The molecule has 2 fully saturated rings. The summed E-state index contributed by atoms with van der Waals surface area (Å²) in [5.41, 5.74) is 0. The van der Waals surface area contributed by atoms with Crippen LogP contribution in [0.1, 0.15) is 52.4 Å². The average Bonchev–Trinajstić information content (AvgIpc) is 2.58. The van der Waals surface area contributed by atoms with Gasteiger partial charge in [0.05, 0.1) is 0 Å². The standard InChI is InChI=1S/C18H37N3/c1-3-18-8-5-10-21-14-7-13-20(15-9-18)12-6-11-19(4-2)16-17-21/h18H,3-17H2,1-2H3. The molecule has 2 heterocycles. The first-order valence-electron chi connectivity index (χ1n) is 9.49. The first-order chi connectivity index (χ1) is 10.3. The highest BCUT2D eigenvalue weighted by molar-refractivity contribution is 4.72. The van der Waals surface area contributed by atoms with Gasteiger partial charge in [-0.2, -0.15) is 0 Å². The zero-order valence-electron chi connectivity index (χ0n) is 14.5. The number of likely N-dealkylation sites (N-methyl/N-ethyl adjacent to an activating group) is 1. The summed E-state index contributed by atoms with van der Waals surface area (Å²) in [7, 11) is 0.